The average molecular weight is 277 g/mol. The molecule has 2 aromatic rings. The highest BCUT2D eigenvalue weighted by Crippen LogP contribution is 2.39. The van der Waals surface area contributed by atoms with Crippen molar-refractivity contribution in [2.45, 2.75) is 37.6 Å². The summed E-state index contributed by atoms with van der Waals surface area (Å²) in [6.07, 6.45) is 5.53. The topological polar surface area (TPSA) is 3.24 Å². The first-order valence-corrected chi connectivity index (χ1v) is 8.31. The van der Waals surface area contributed by atoms with Crippen LogP contribution >= 0.6 is 0 Å². The lowest BCUT2D eigenvalue weighted by Crippen LogP contribution is -2.36. The third-order valence-corrected chi connectivity index (χ3v) is 5.28. The molecule has 108 valence electrons. The highest BCUT2D eigenvalue weighted by atomic mass is 15.2. The van der Waals surface area contributed by atoms with E-state index in [1.807, 2.05) is 0 Å². The second-order valence-corrected chi connectivity index (χ2v) is 6.49. The van der Waals surface area contributed by atoms with Crippen LogP contribution in [0.3, 0.4) is 0 Å². The van der Waals surface area contributed by atoms with Crippen molar-refractivity contribution in [2.75, 3.05) is 13.1 Å². The van der Waals surface area contributed by atoms with Crippen molar-refractivity contribution in [2.24, 2.45) is 0 Å². The van der Waals surface area contributed by atoms with E-state index >= 15 is 0 Å². The predicted octanol–water partition coefficient (Wildman–Crippen LogP) is 4.70. The Morgan fingerprint density at radius 2 is 1.62 bits per heavy atom. The van der Waals surface area contributed by atoms with Crippen LogP contribution in [-0.2, 0) is 0 Å². The van der Waals surface area contributed by atoms with Crippen LogP contribution in [0.15, 0.2) is 54.6 Å². The molecular weight excluding hydrogens is 254 g/mol. The van der Waals surface area contributed by atoms with Crippen LogP contribution in [0.25, 0.3) is 11.1 Å². The van der Waals surface area contributed by atoms with E-state index in [0.29, 0.717) is 0 Å². The minimum absolute atomic E-state index is 0.744. The lowest BCUT2D eigenvalue weighted by atomic mass is 9.86. The van der Waals surface area contributed by atoms with Crippen molar-refractivity contribution in [3.8, 4) is 11.1 Å². The highest BCUT2D eigenvalue weighted by molar-refractivity contribution is 5.64. The molecule has 0 aliphatic carbocycles. The molecular formula is C20H23N. The van der Waals surface area contributed by atoms with Gasteiger partial charge < -0.3 is 0 Å². The normalized spacial score (nSPS) is 25.7. The third-order valence-electron chi connectivity index (χ3n) is 5.28. The molecule has 21 heavy (non-hydrogen) atoms. The van der Waals surface area contributed by atoms with Gasteiger partial charge in [0.05, 0.1) is 0 Å². The Morgan fingerprint density at radius 3 is 2.52 bits per heavy atom. The molecule has 2 atom stereocenters. The summed E-state index contributed by atoms with van der Waals surface area (Å²) >= 11 is 0. The largest absolute Gasteiger partial charge is 0.300 e. The zero-order valence-electron chi connectivity index (χ0n) is 12.5. The fraction of sp³-hybridized carbons (Fsp3) is 0.400. The monoisotopic (exact) mass is 277 g/mol. The number of hydrogen-bond donors (Lipinski definition) is 0. The number of piperidine rings is 1. The Kier molecular flexibility index (Phi) is 3.52. The van der Waals surface area contributed by atoms with Gasteiger partial charge in [-0.1, -0.05) is 61.0 Å². The fourth-order valence-electron chi connectivity index (χ4n) is 4.22. The van der Waals surface area contributed by atoms with Crippen molar-refractivity contribution in [3.05, 3.63) is 60.2 Å². The second-order valence-electron chi connectivity index (χ2n) is 6.49. The molecule has 2 heterocycles. The standard InChI is InChI=1S/C20H23N/c1-2-7-16(8-3-1)17-9-6-10-18(15-17)19-12-14-21-13-5-4-11-20(19)21/h1-3,6-10,15,19-20H,4-5,11-14H2. The van der Waals surface area contributed by atoms with Crippen molar-refractivity contribution in [3.63, 3.8) is 0 Å². The Bertz CT molecular complexity index is 604. The van der Waals surface area contributed by atoms with Crippen molar-refractivity contribution in [1.82, 2.24) is 4.90 Å². The van der Waals surface area contributed by atoms with Gasteiger partial charge in [-0.25, -0.2) is 0 Å². The van der Waals surface area contributed by atoms with E-state index in [9.17, 15) is 0 Å². The number of fused-ring (bicyclic) bond motifs is 1. The lowest BCUT2D eigenvalue weighted by molar-refractivity contribution is 0.189. The molecule has 2 unspecified atom stereocenters. The van der Waals surface area contributed by atoms with Gasteiger partial charge in [0.2, 0.25) is 0 Å². The van der Waals surface area contributed by atoms with E-state index in [1.165, 1.54) is 49.9 Å². The summed E-state index contributed by atoms with van der Waals surface area (Å²) in [7, 11) is 0. The van der Waals surface area contributed by atoms with Crippen molar-refractivity contribution in [1.29, 1.82) is 0 Å². The molecule has 2 saturated heterocycles. The molecule has 0 spiro atoms. The first-order valence-electron chi connectivity index (χ1n) is 8.31. The molecule has 2 aliphatic heterocycles. The minimum Gasteiger partial charge on any atom is -0.300 e. The van der Waals surface area contributed by atoms with Gasteiger partial charge in [-0.15, -0.1) is 0 Å². The number of benzene rings is 2. The van der Waals surface area contributed by atoms with Crippen LogP contribution in [0.5, 0.6) is 0 Å². The summed E-state index contributed by atoms with van der Waals surface area (Å²) < 4.78 is 0. The first kappa shape index (κ1) is 13.1. The van der Waals surface area contributed by atoms with Gasteiger partial charge in [0, 0.05) is 12.0 Å². The molecule has 2 aromatic carbocycles. The van der Waals surface area contributed by atoms with E-state index < -0.39 is 0 Å². The SMILES string of the molecule is c1ccc(-c2cccc(C3CCN4CCCCC34)c2)cc1. The van der Waals surface area contributed by atoms with E-state index in [-0.39, 0.29) is 0 Å². The molecule has 0 saturated carbocycles. The summed E-state index contributed by atoms with van der Waals surface area (Å²) in [6, 6.07) is 20.8. The van der Waals surface area contributed by atoms with Gasteiger partial charge >= 0.3 is 0 Å². The number of nitrogens with zero attached hydrogens (tertiary/aromatic N) is 1. The Morgan fingerprint density at radius 1 is 0.762 bits per heavy atom. The molecule has 2 fully saturated rings. The minimum atomic E-state index is 0.744. The van der Waals surface area contributed by atoms with Crippen molar-refractivity contribution >= 4 is 0 Å². The van der Waals surface area contributed by atoms with E-state index in [1.54, 1.807) is 5.56 Å². The third kappa shape index (κ3) is 2.51. The van der Waals surface area contributed by atoms with Gasteiger partial charge in [0.25, 0.3) is 0 Å². The molecule has 0 aromatic heterocycles. The first-order chi connectivity index (χ1) is 10.4. The van der Waals surface area contributed by atoms with Crippen LogP contribution in [0.2, 0.25) is 0 Å². The van der Waals surface area contributed by atoms with E-state index in [0.717, 1.165) is 12.0 Å². The molecule has 4 rings (SSSR count). The van der Waals surface area contributed by atoms with Gasteiger partial charge in [-0.2, -0.15) is 0 Å². The van der Waals surface area contributed by atoms with Crippen LogP contribution in [-0.4, -0.2) is 24.0 Å². The summed E-state index contributed by atoms with van der Waals surface area (Å²) in [5, 5.41) is 0. The molecule has 0 amide bonds. The maximum atomic E-state index is 2.73. The molecule has 1 nitrogen and oxygen atoms in total. The molecule has 0 bridgehead atoms. The number of rotatable bonds is 2. The van der Waals surface area contributed by atoms with Gasteiger partial charge in [0.15, 0.2) is 0 Å². The summed E-state index contributed by atoms with van der Waals surface area (Å²) in [4.78, 5) is 2.73. The average Bonchev–Trinajstić information content (AvgIpc) is 3.00. The summed E-state index contributed by atoms with van der Waals surface area (Å²) in [5.41, 5.74) is 4.24. The van der Waals surface area contributed by atoms with Crippen LogP contribution in [0.1, 0.15) is 37.2 Å². The Hall–Kier alpha value is -1.60. The molecule has 0 N–H and O–H groups in total. The number of hydrogen-bond acceptors (Lipinski definition) is 1. The van der Waals surface area contributed by atoms with Gasteiger partial charge in [-0.3, -0.25) is 4.90 Å². The fourth-order valence-corrected chi connectivity index (χ4v) is 4.22. The molecule has 2 aliphatic rings. The Labute approximate surface area is 127 Å². The maximum Gasteiger partial charge on any atom is 0.0164 e. The van der Waals surface area contributed by atoms with E-state index in [2.05, 4.69) is 59.5 Å². The van der Waals surface area contributed by atoms with Crippen LogP contribution in [0.4, 0.5) is 0 Å². The zero-order chi connectivity index (χ0) is 14.1. The van der Waals surface area contributed by atoms with Crippen LogP contribution < -0.4 is 0 Å². The van der Waals surface area contributed by atoms with Gasteiger partial charge in [-0.05, 0) is 49.0 Å². The van der Waals surface area contributed by atoms with Crippen molar-refractivity contribution < 1.29 is 0 Å². The summed E-state index contributed by atoms with van der Waals surface area (Å²) in [5.74, 6) is 0.744. The maximum absolute atomic E-state index is 2.73. The predicted molar refractivity (Wildman–Crippen MR) is 88.4 cm³/mol. The quantitative estimate of drug-likeness (QED) is 0.769. The lowest BCUT2D eigenvalue weighted by Gasteiger charge is -2.32. The molecule has 0 radical (unpaired) electrons. The smallest absolute Gasteiger partial charge is 0.0164 e. The Balaban J connectivity index is 1.64. The van der Waals surface area contributed by atoms with E-state index in [4.69, 9.17) is 0 Å². The van der Waals surface area contributed by atoms with Gasteiger partial charge in [0.1, 0.15) is 0 Å². The summed E-state index contributed by atoms with van der Waals surface area (Å²) in [6.45, 7) is 2.62. The zero-order valence-corrected chi connectivity index (χ0v) is 12.5. The highest BCUT2D eigenvalue weighted by Gasteiger charge is 2.36. The van der Waals surface area contributed by atoms with Crippen LogP contribution in [0, 0.1) is 0 Å². The molecule has 1 heteroatoms. The second kappa shape index (κ2) is 5.65.